The van der Waals surface area contributed by atoms with E-state index in [9.17, 15) is 0 Å². The summed E-state index contributed by atoms with van der Waals surface area (Å²) < 4.78 is 0. The molecule has 130 valence electrons. The van der Waals surface area contributed by atoms with Crippen LogP contribution in [-0.4, -0.2) is 24.5 Å². The molecular weight excluding hydrogens is 328 g/mol. The molecular formula is C20H24N4S. The summed E-state index contributed by atoms with van der Waals surface area (Å²) in [5, 5.41) is 8.81. The van der Waals surface area contributed by atoms with Crippen molar-refractivity contribution in [3.63, 3.8) is 0 Å². The third kappa shape index (κ3) is 5.36. The lowest BCUT2D eigenvalue weighted by Gasteiger charge is -2.29. The zero-order chi connectivity index (χ0) is 17.3. The topological polar surface area (TPSA) is 54.0 Å². The van der Waals surface area contributed by atoms with Gasteiger partial charge in [0.25, 0.3) is 0 Å². The first kappa shape index (κ1) is 17.5. The molecule has 0 amide bonds. The SMILES string of the molecule is NC(=NN=Cc1ccccc1N1CCCCC1)SCc1ccccc1. The average molecular weight is 353 g/mol. The first-order valence-corrected chi connectivity index (χ1v) is 9.69. The lowest BCUT2D eigenvalue weighted by atomic mass is 10.1. The number of nitrogens with two attached hydrogens (primary N) is 1. The van der Waals surface area contributed by atoms with E-state index in [1.54, 1.807) is 6.21 Å². The summed E-state index contributed by atoms with van der Waals surface area (Å²) in [4.78, 5) is 2.43. The number of hydrogen-bond acceptors (Lipinski definition) is 4. The van der Waals surface area contributed by atoms with Crippen LogP contribution in [-0.2, 0) is 5.75 Å². The number of rotatable bonds is 5. The Balaban J connectivity index is 1.61. The van der Waals surface area contributed by atoms with Crippen LogP contribution in [0.4, 0.5) is 5.69 Å². The number of nitrogens with zero attached hydrogens (tertiary/aromatic N) is 3. The van der Waals surface area contributed by atoms with Crippen LogP contribution >= 0.6 is 11.8 Å². The fourth-order valence-electron chi connectivity index (χ4n) is 2.93. The van der Waals surface area contributed by atoms with Crippen LogP contribution in [0.25, 0.3) is 0 Å². The summed E-state index contributed by atoms with van der Waals surface area (Å²) in [6, 6.07) is 18.6. The largest absolute Gasteiger partial charge is 0.377 e. The van der Waals surface area contributed by atoms with Crippen molar-refractivity contribution >= 4 is 28.8 Å². The Morgan fingerprint density at radius 3 is 2.52 bits per heavy atom. The zero-order valence-corrected chi connectivity index (χ0v) is 15.2. The zero-order valence-electron chi connectivity index (χ0n) is 14.3. The van der Waals surface area contributed by atoms with E-state index >= 15 is 0 Å². The number of amidine groups is 1. The van der Waals surface area contributed by atoms with Gasteiger partial charge in [-0.3, -0.25) is 0 Å². The van der Waals surface area contributed by atoms with Gasteiger partial charge in [0.15, 0.2) is 5.17 Å². The highest BCUT2D eigenvalue weighted by atomic mass is 32.2. The highest BCUT2D eigenvalue weighted by molar-refractivity contribution is 8.13. The van der Waals surface area contributed by atoms with Crippen LogP contribution in [0.3, 0.4) is 0 Å². The van der Waals surface area contributed by atoms with Crippen molar-refractivity contribution in [1.82, 2.24) is 0 Å². The molecule has 1 fully saturated rings. The van der Waals surface area contributed by atoms with Crippen LogP contribution in [0.5, 0.6) is 0 Å². The predicted molar refractivity (Wildman–Crippen MR) is 109 cm³/mol. The maximum Gasteiger partial charge on any atom is 0.180 e. The fourth-order valence-corrected chi connectivity index (χ4v) is 3.54. The van der Waals surface area contributed by atoms with E-state index in [1.165, 1.54) is 42.3 Å². The summed E-state index contributed by atoms with van der Waals surface area (Å²) in [6.45, 7) is 2.23. The van der Waals surface area contributed by atoms with Gasteiger partial charge in [0, 0.05) is 30.1 Å². The van der Waals surface area contributed by atoms with Crippen molar-refractivity contribution in [3.05, 3.63) is 65.7 Å². The number of piperidine rings is 1. The van der Waals surface area contributed by atoms with Crippen molar-refractivity contribution in [2.45, 2.75) is 25.0 Å². The van der Waals surface area contributed by atoms with Crippen molar-refractivity contribution in [2.75, 3.05) is 18.0 Å². The van der Waals surface area contributed by atoms with Gasteiger partial charge >= 0.3 is 0 Å². The molecule has 0 unspecified atom stereocenters. The molecule has 0 atom stereocenters. The molecule has 0 aromatic heterocycles. The van der Waals surface area contributed by atoms with E-state index in [4.69, 9.17) is 5.73 Å². The van der Waals surface area contributed by atoms with Gasteiger partial charge in [0.2, 0.25) is 0 Å². The second-order valence-corrected chi connectivity index (χ2v) is 7.06. The Morgan fingerprint density at radius 1 is 1.00 bits per heavy atom. The highest BCUT2D eigenvalue weighted by Crippen LogP contribution is 2.23. The first-order chi connectivity index (χ1) is 12.3. The lowest BCUT2D eigenvalue weighted by Crippen LogP contribution is -2.30. The van der Waals surface area contributed by atoms with E-state index in [-0.39, 0.29) is 0 Å². The van der Waals surface area contributed by atoms with Crippen LogP contribution < -0.4 is 10.6 Å². The smallest absolute Gasteiger partial charge is 0.180 e. The highest BCUT2D eigenvalue weighted by Gasteiger charge is 2.12. The quantitative estimate of drug-likeness (QED) is 0.497. The maximum absolute atomic E-state index is 5.96. The number of thioether (sulfide) groups is 1. The third-order valence-corrected chi connectivity index (χ3v) is 5.07. The lowest BCUT2D eigenvalue weighted by molar-refractivity contribution is 0.578. The molecule has 25 heavy (non-hydrogen) atoms. The maximum atomic E-state index is 5.96. The summed E-state index contributed by atoms with van der Waals surface area (Å²) in [6.07, 6.45) is 5.64. The Bertz CT molecular complexity index is 721. The van der Waals surface area contributed by atoms with E-state index < -0.39 is 0 Å². The number of benzene rings is 2. The molecule has 3 rings (SSSR count). The molecule has 2 N–H and O–H groups in total. The third-order valence-electron chi connectivity index (χ3n) is 4.22. The van der Waals surface area contributed by atoms with Crippen molar-refractivity contribution in [1.29, 1.82) is 0 Å². The molecule has 0 radical (unpaired) electrons. The number of anilines is 1. The normalized spacial score (nSPS) is 15.7. The molecule has 4 nitrogen and oxygen atoms in total. The summed E-state index contributed by atoms with van der Waals surface area (Å²) in [5.41, 5.74) is 9.51. The minimum absolute atomic E-state index is 0.482. The predicted octanol–water partition coefficient (Wildman–Crippen LogP) is 4.26. The van der Waals surface area contributed by atoms with Crippen LogP contribution in [0.2, 0.25) is 0 Å². The number of para-hydroxylation sites is 1. The molecule has 1 saturated heterocycles. The molecule has 0 saturated carbocycles. The van der Waals surface area contributed by atoms with Gasteiger partial charge in [-0.25, -0.2) is 0 Å². The van der Waals surface area contributed by atoms with Crippen molar-refractivity contribution in [2.24, 2.45) is 15.9 Å². The minimum Gasteiger partial charge on any atom is -0.377 e. The second kappa shape index (κ2) is 9.28. The Hall–Kier alpha value is -2.27. The van der Waals surface area contributed by atoms with E-state index in [0.717, 1.165) is 24.4 Å². The number of hydrogen-bond donors (Lipinski definition) is 1. The summed E-state index contributed by atoms with van der Waals surface area (Å²) in [5.74, 6) is 0.802. The average Bonchev–Trinajstić information content (AvgIpc) is 2.68. The van der Waals surface area contributed by atoms with Crippen molar-refractivity contribution < 1.29 is 0 Å². The Morgan fingerprint density at radius 2 is 1.72 bits per heavy atom. The van der Waals surface area contributed by atoms with Gasteiger partial charge in [-0.1, -0.05) is 60.3 Å². The molecule has 0 spiro atoms. The van der Waals surface area contributed by atoms with Gasteiger partial charge in [-0.15, -0.1) is 5.10 Å². The van der Waals surface area contributed by atoms with Crippen molar-refractivity contribution in [3.8, 4) is 0 Å². The minimum atomic E-state index is 0.482. The summed E-state index contributed by atoms with van der Waals surface area (Å²) in [7, 11) is 0. The van der Waals surface area contributed by atoms with Gasteiger partial charge in [0.05, 0.1) is 6.21 Å². The van der Waals surface area contributed by atoms with Crippen LogP contribution in [0.1, 0.15) is 30.4 Å². The Labute approximate surface area is 153 Å². The van der Waals surface area contributed by atoms with Crippen LogP contribution in [0.15, 0.2) is 64.8 Å². The fraction of sp³-hybridized carbons (Fsp3) is 0.300. The molecule has 0 bridgehead atoms. The molecule has 1 aliphatic heterocycles. The molecule has 2 aromatic rings. The molecule has 2 aromatic carbocycles. The van der Waals surface area contributed by atoms with E-state index in [2.05, 4.69) is 45.4 Å². The molecule has 0 aliphatic carbocycles. The monoisotopic (exact) mass is 352 g/mol. The summed E-state index contributed by atoms with van der Waals surface area (Å²) >= 11 is 1.50. The van der Waals surface area contributed by atoms with Crippen LogP contribution in [0, 0.1) is 0 Å². The van der Waals surface area contributed by atoms with Gasteiger partial charge in [-0.05, 0) is 30.9 Å². The molecule has 1 aliphatic rings. The first-order valence-electron chi connectivity index (χ1n) is 8.70. The Kier molecular flexibility index (Phi) is 6.51. The second-order valence-electron chi connectivity index (χ2n) is 6.06. The van der Waals surface area contributed by atoms with Gasteiger partial charge in [-0.2, -0.15) is 5.10 Å². The molecule has 5 heteroatoms. The standard InChI is InChI=1S/C20H24N4S/c21-20(25-16-17-9-3-1-4-10-17)23-22-15-18-11-5-6-12-19(18)24-13-7-2-8-14-24/h1,3-6,9-12,15H,2,7-8,13-14,16H2,(H2,21,23). The van der Waals surface area contributed by atoms with E-state index in [0.29, 0.717) is 5.17 Å². The van der Waals surface area contributed by atoms with Gasteiger partial charge < -0.3 is 10.6 Å². The van der Waals surface area contributed by atoms with Gasteiger partial charge in [0.1, 0.15) is 0 Å². The molecule has 1 heterocycles. The van der Waals surface area contributed by atoms with E-state index in [1.807, 2.05) is 24.3 Å².